The van der Waals surface area contributed by atoms with Crippen LogP contribution in [0, 0.1) is 0 Å². The van der Waals surface area contributed by atoms with Crippen LogP contribution in [0.2, 0.25) is 0 Å². The molecule has 0 spiro atoms. The molecule has 0 aliphatic carbocycles. The first-order valence-electron chi connectivity index (χ1n) is 8.21. The number of aromatic nitrogens is 3. The zero-order chi connectivity index (χ0) is 16.8. The van der Waals surface area contributed by atoms with E-state index in [9.17, 15) is 0 Å². The van der Waals surface area contributed by atoms with Crippen LogP contribution in [0.4, 0.5) is 0 Å². The molecule has 1 unspecified atom stereocenters. The van der Waals surface area contributed by atoms with Crippen molar-refractivity contribution in [3.8, 4) is 5.69 Å². The molecule has 1 fully saturated rings. The molecule has 2 aromatic rings. The van der Waals surface area contributed by atoms with Crippen LogP contribution in [0.15, 0.2) is 41.9 Å². The predicted molar refractivity (Wildman–Crippen MR) is 99.7 cm³/mol. The van der Waals surface area contributed by atoms with Crippen LogP contribution in [0.5, 0.6) is 0 Å². The quantitative estimate of drug-likeness (QED) is 0.643. The molecule has 0 amide bonds. The average Bonchev–Trinajstić information content (AvgIpc) is 3.28. The minimum absolute atomic E-state index is 0.330. The first-order valence-corrected chi connectivity index (χ1v) is 9.19. The summed E-state index contributed by atoms with van der Waals surface area (Å²) in [5, 5.41) is 11.0. The SMILES string of the molecule is CN=C(NCc1ccc(-n2cncn2)cc1)NCC1(C)CCCS1. The third-order valence-electron chi connectivity index (χ3n) is 4.23. The lowest BCUT2D eigenvalue weighted by atomic mass is 10.1. The standard InChI is InChI=1S/C17H24N6S/c1-17(8-3-9-24-17)11-21-16(18-2)20-10-14-4-6-15(7-5-14)23-13-19-12-22-23/h4-7,12-13H,3,8-11H2,1-2H3,(H2,18,20,21). The number of benzene rings is 1. The summed E-state index contributed by atoms with van der Waals surface area (Å²) in [7, 11) is 1.81. The molecule has 1 saturated heterocycles. The molecule has 1 aliphatic rings. The van der Waals surface area contributed by atoms with Gasteiger partial charge in [0.25, 0.3) is 0 Å². The van der Waals surface area contributed by atoms with Crippen LogP contribution in [0.25, 0.3) is 5.69 Å². The van der Waals surface area contributed by atoms with Gasteiger partial charge in [-0.15, -0.1) is 0 Å². The molecule has 128 valence electrons. The number of hydrogen-bond donors (Lipinski definition) is 2. The molecule has 0 saturated carbocycles. The Morgan fingerprint density at radius 2 is 2.17 bits per heavy atom. The molecule has 2 N–H and O–H groups in total. The van der Waals surface area contributed by atoms with E-state index in [1.165, 1.54) is 30.5 Å². The van der Waals surface area contributed by atoms with Crippen LogP contribution in [0.3, 0.4) is 0 Å². The van der Waals surface area contributed by atoms with Gasteiger partial charge in [-0.25, -0.2) is 9.67 Å². The van der Waals surface area contributed by atoms with E-state index in [0.29, 0.717) is 4.75 Å². The van der Waals surface area contributed by atoms with Crippen molar-refractivity contribution in [2.24, 2.45) is 4.99 Å². The van der Waals surface area contributed by atoms with Gasteiger partial charge in [-0.05, 0) is 43.2 Å². The Hall–Kier alpha value is -2.02. The van der Waals surface area contributed by atoms with E-state index in [-0.39, 0.29) is 0 Å². The minimum Gasteiger partial charge on any atom is -0.355 e. The van der Waals surface area contributed by atoms with E-state index in [1.54, 1.807) is 11.0 Å². The summed E-state index contributed by atoms with van der Waals surface area (Å²) in [5.74, 6) is 2.12. The number of hydrogen-bond acceptors (Lipinski definition) is 4. The zero-order valence-corrected chi connectivity index (χ0v) is 15.0. The second kappa shape index (κ2) is 7.70. The molecule has 7 heteroatoms. The van der Waals surface area contributed by atoms with Gasteiger partial charge in [-0.2, -0.15) is 16.9 Å². The monoisotopic (exact) mass is 344 g/mol. The van der Waals surface area contributed by atoms with Gasteiger partial charge >= 0.3 is 0 Å². The first kappa shape index (κ1) is 16.8. The molecule has 6 nitrogen and oxygen atoms in total. The lowest BCUT2D eigenvalue weighted by Gasteiger charge is -2.24. The summed E-state index contributed by atoms with van der Waals surface area (Å²) in [6.45, 7) is 4.01. The number of nitrogens with zero attached hydrogens (tertiary/aromatic N) is 4. The fourth-order valence-corrected chi connectivity index (χ4v) is 4.01. The van der Waals surface area contributed by atoms with Crippen LogP contribution in [0.1, 0.15) is 25.3 Å². The van der Waals surface area contributed by atoms with Crippen LogP contribution in [-0.2, 0) is 6.54 Å². The highest BCUT2D eigenvalue weighted by molar-refractivity contribution is 8.00. The van der Waals surface area contributed by atoms with E-state index in [1.807, 2.05) is 19.2 Å². The van der Waals surface area contributed by atoms with E-state index in [2.05, 4.69) is 56.5 Å². The largest absolute Gasteiger partial charge is 0.355 e. The van der Waals surface area contributed by atoms with Crippen molar-refractivity contribution in [2.75, 3.05) is 19.3 Å². The number of aliphatic imine (C=N–C) groups is 1. The van der Waals surface area contributed by atoms with E-state index < -0.39 is 0 Å². The number of nitrogens with one attached hydrogen (secondary N) is 2. The molecular formula is C17H24N6S. The molecule has 0 radical (unpaired) electrons. The average molecular weight is 344 g/mol. The van der Waals surface area contributed by atoms with Gasteiger partial charge in [0.2, 0.25) is 0 Å². The van der Waals surface area contributed by atoms with Crippen molar-refractivity contribution in [2.45, 2.75) is 31.1 Å². The highest BCUT2D eigenvalue weighted by Crippen LogP contribution is 2.36. The van der Waals surface area contributed by atoms with Crippen molar-refractivity contribution in [1.29, 1.82) is 0 Å². The van der Waals surface area contributed by atoms with Gasteiger partial charge in [-0.3, -0.25) is 4.99 Å². The Kier molecular flexibility index (Phi) is 5.40. The van der Waals surface area contributed by atoms with Crippen LogP contribution >= 0.6 is 11.8 Å². The molecule has 1 aromatic heterocycles. The van der Waals surface area contributed by atoms with Gasteiger partial charge in [0.15, 0.2) is 5.96 Å². The topological polar surface area (TPSA) is 67.1 Å². The summed E-state index contributed by atoms with van der Waals surface area (Å²) in [4.78, 5) is 8.28. The Morgan fingerprint density at radius 1 is 1.33 bits per heavy atom. The molecule has 1 aromatic carbocycles. The second-order valence-electron chi connectivity index (χ2n) is 6.19. The van der Waals surface area contributed by atoms with Gasteiger partial charge < -0.3 is 10.6 Å². The smallest absolute Gasteiger partial charge is 0.191 e. The highest BCUT2D eigenvalue weighted by Gasteiger charge is 2.29. The maximum atomic E-state index is 4.32. The summed E-state index contributed by atoms with van der Waals surface area (Å²) >= 11 is 2.05. The van der Waals surface area contributed by atoms with Gasteiger partial charge in [-0.1, -0.05) is 12.1 Å². The number of thioether (sulfide) groups is 1. The number of guanidine groups is 1. The summed E-state index contributed by atoms with van der Waals surface area (Å²) < 4.78 is 2.08. The molecular weight excluding hydrogens is 320 g/mol. The molecule has 3 rings (SSSR count). The van der Waals surface area contributed by atoms with Gasteiger partial charge in [0.1, 0.15) is 12.7 Å². The van der Waals surface area contributed by atoms with Crippen LogP contribution in [-0.4, -0.2) is 44.8 Å². The molecule has 1 aliphatic heterocycles. The summed E-state index contributed by atoms with van der Waals surface area (Å²) in [5.41, 5.74) is 2.20. The molecule has 1 atom stereocenters. The number of rotatable bonds is 5. The first-order chi connectivity index (χ1) is 11.7. The van der Waals surface area contributed by atoms with E-state index >= 15 is 0 Å². The fourth-order valence-electron chi connectivity index (χ4n) is 2.76. The minimum atomic E-state index is 0.330. The van der Waals surface area contributed by atoms with Crippen molar-refractivity contribution in [1.82, 2.24) is 25.4 Å². The zero-order valence-electron chi connectivity index (χ0n) is 14.2. The molecule has 24 heavy (non-hydrogen) atoms. The maximum Gasteiger partial charge on any atom is 0.191 e. The Labute approximate surface area is 147 Å². The second-order valence-corrected chi connectivity index (χ2v) is 7.87. The Balaban J connectivity index is 1.50. The van der Waals surface area contributed by atoms with E-state index in [4.69, 9.17) is 0 Å². The highest BCUT2D eigenvalue weighted by atomic mass is 32.2. The molecule has 2 heterocycles. The lowest BCUT2D eigenvalue weighted by molar-refractivity contribution is 0.584. The third kappa shape index (κ3) is 4.29. The van der Waals surface area contributed by atoms with Gasteiger partial charge in [0.05, 0.1) is 5.69 Å². The van der Waals surface area contributed by atoms with Crippen LogP contribution < -0.4 is 10.6 Å². The predicted octanol–water partition coefficient (Wildman–Crippen LogP) is 2.22. The lowest BCUT2D eigenvalue weighted by Crippen LogP contribution is -2.43. The Morgan fingerprint density at radius 3 is 2.79 bits per heavy atom. The normalized spacial score (nSPS) is 21.0. The Bertz CT molecular complexity index is 659. The van der Waals surface area contributed by atoms with Crippen molar-refractivity contribution in [3.63, 3.8) is 0 Å². The van der Waals surface area contributed by atoms with E-state index in [0.717, 1.165) is 24.7 Å². The maximum absolute atomic E-state index is 4.32. The fraction of sp³-hybridized carbons (Fsp3) is 0.471. The van der Waals surface area contributed by atoms with Crippen molar-refractivity contribution >= 4 is 17.7 Å². The summed E-state index contributed by atoms with van der Waals surface area (Å²) in [6, 6.07) is 8.26. The summed E-state index contributed by atoms with van der Waals surface area (Å²) in [6.07, 6.45) is 5.81. The van der Waals surface area contributed by atoms with Gasteiger partial charge in [0, 0.05) is 24.9 Å². The third-order valence-corrected chi connectivity index (χ3v) is 5.77. The van der Waals surface area contributed by atoms with Crippen molar-refractivity contribution in [3.05, 3.63) is 42.5 Å². The van der Waals surface area contributed by atoms with Crippen molar-refractivity contribution < 1.29 is 0 Å². The molecule has 0 bridgehead atoms.